The van der Waals surface area contributed by atoms with Crippen molar-refractivity contribution in [3.8, 4) is 0 Å². The number of rotatable bonds is 4. The topological polar surface area (TPSA) is 46.2 Å². The molecule has 18 heavy (non-hydrogen) atoms. The predicted octanol–water partition coefficient (Wildman–Crippen LogP) is 2.48. The Hall–Kier alpha value is -0.870. The van der Waals surface area contributed by atoms with Gasteiger partial charge in [-0.2, -0.15) is 0 Å². The average Bonchev–Trinajstić information content (AvgIpc) is 2.97. The molecule has 100 valence electrons. The molecule has 0 atom stereocenters. The summed E-state index contributed by atoms with van der Waals surface area (Å²) in [7, 11) is -3.25. The second-order valence-electron chi connectivity index (χ2n) is 6.20. The lowest BCUT2D eigenvalue weighted by Gasteiger charge is -2.25. The Morgan fingerprint density at radius 2 is 1.72 bits per heavy atom. The molecule has 1 aliphatic carbocycles. The van der Waals surface area contributed by atoms with Crippen LogP contribution in [0.15, 0.2) is 30.3 Å². The summed E-state index contributed by atoms with van der Waals surface area (Å²) in [6, 6.07) is 9.84. The summed E-state index contributed by atoms with van der Waals surface area (Å²) in [5, 5.41) is 0. The van der Waals surface area contributed by atoms with Gasteiger partial charge >= 0.3 is 0 Å². The highest BCUT2D eigenvalue weighted by Crippen LogP contribution is 2.46. The molecule has 1 aliphatic rings. The highest BCUT2D eigenvalue weighted by Gasteiger charge is 2.54. The van der Waals surface area contributed by atoms with Crippen LogP contribution >= 0.6 is 0 Å². The van der Waals surface area contributed by atoms with Gasteiger partial charge in [0.15, 0.2) is 0 Å². The van der Waals surface area contributed by atoms with E-state index >= 15 is 0 Å². The summed E-state index contributed by atoms with van der Waals surface area (Å²) in [5.41, 5.74) is 0.680. The summed E-state index contributed by atoms with van der Waals surface area (Å²) in [4.78, 5) is 0. The molecule has 0 aliphatic heterocycles. The van der Waals surface area contributed by atoms with Crippen molar-refractivity contribution in [2.24, 2.45) is 0 Å². The van der Waals surface area contributed by atoms with Gasteiger partial charge in [-0.15, -0.1) is 0 Å². The number of nitrogens with one attached hydrogen (secondary N) is 1. The molecule has 1 aromatic carbocycles. The fourth-order valence-electron chi connectivity index (χ4n) is 2.16. The third kappa shape index (κ3) is 2.93. The number of sulfonamides is 1. The van der Waals surface area contributed by atoms with Crippen LogP contribution in [0, 0.1) is 0 Å². The molecular weight excluding hydrogens is 246 g/mol. The lowest BCUT2D eigenvalue weighted by atomic mass is 10.1. The van der Waals surface area contributed by atoms with Crippen LogP contribution in [-0.4, -0.2) is 18.7 Å². The largest absolute Gasteiger partial charge is 0.218 e. The summed E-state index contributed by atoms with van der Waals surface area (Å²) in [5.74, 6) is 0. The van der Waals surface area contributed by atoms with Gasteiger partial charge in [0.2, 0.25) is 10.0 Å². The molecule has 0 amide bonds. The monoisotopic (exact) mass is 267 g/mol. The van der Waals surface area contributed by atoms with E-state index in [0.29, 0.717) is 6.42 Å². The van der Waals surface area contributed by atoms with Crippen molar-refractivity contribution in [3.63, 3.8) is 0 Å². The molecule has 1 saturated carbocycles. The molecule has 0 spiro atoms. The Labute approximate surface area is 110 Å². The Bertz CT molecular complexity index is 510. The minimum absolute atomic E-state index is 0.412. The van der Waals surface area contributed by atoms with Gasteiger partial charge in [0.05, 0.1) is 4.75 Å². The first-order chi connectivity index (χ1) is 8.24. The van der Waals surface area contributed by atoms with Gasteiger partial charge in [-0.1, -0.05) is 30.3 Å². The van der Waals surface area contributed by atoms with Crippen LogP contribution in [0.5, 0.6) is 0 Å². The van der Waals surface area contributed by atoms with Gasteiger partial charge in [-0.25, -0.2) is 13.1 Å². The van der Waals surface area contributed by atoms with Gasteiger partial charge in [0, 0.05) is 5.54 Å². The van der Waals surface area contributed by atoms with Crippen molar-refractivity contribution in [1.29, 1.82) is 0 Å². The SMILES string of the molecule is CC(C)(C)NS(=O)(=O)C1(Cc2ccccc2)CC1. The first-order valence-electron chi connectivity index (χ1n) is 6.32. The third-order valence-electron chi connectivity index (χ3n) is 3.19. The van der Waals surface area contributed by atoms with E-state index in [0.717, 1.165) is 18.4 Å². The molecule has 1 N–H and O–H groups in total. The summed E-state index contributed by atoms with van der Waals surface area (Å²) < 4.78 is 27.1. The maximum Gasteiger partial charge on any atom is 0.218 e. The standard InChI is InChI=1S/C14H21NO2S/c1-13(2,3)15-18(16,17)14(9-10-14)11-12-7-5-4-6-8-12/h4-8,15H,9-11H2,1-3H3. The molecule has 0 aromatic heterocycles. The van der Waals surface area contributed by atoms with Gasteiger partial charge < -0.3 is 0 Å². The van der Waals surface area contributed by atoms with E-state index in [1.165, 1.54) is 0 Å². The van der Waals surface area contributed by atoms with E-state index in [-0.39, 0.29) is 0 Å². The van der Waals surface area contributed by atoms with Gasteiger partial charge in [-0.3, -0.25) is 0 Å². The molecule has 2 rings (SSSR count). The lowest BCUT2D eigenvalue weighted by molar-refractivity contribution is 0.481. The van der Waals surface area contributed by atoms with Crippen LogP contribution in [0.3, 0.4) is 0 Å². The minimum Gasteiger partial charge on any atom is -0.212 e. The van der Waals surface area contributed by atoms with E-state index in [4.69, 9.17) is 0 Å². The molecule has 0 radical (unpaired) electrons. The van der Waals surface area contributed by atoms with E-state index in [2.05, 4.69) is 4.72 Å². The molecule has 1 fully saturated rings. The average molecular weight is 267 g/mol. The van der Waals surface area contributed by atoms with Crippen LogP contribution in [0.25, 0.3) is 0 Å². The fourth-order valence-corrected chi connectivity index (χ4v) is 4.18. The highest BCUT2D eigenvalue weighted by atomic mass is 32.2. The zero-order chi connectivity index (χ0) is 13.4. The summed E-state index contributed by atoms with van der Waals surface area (Å²) in [6.07, 6.45) is 2.12. The van der Waals surface area contributed by atoms with E-state index in [9.17, 15) is 8.42 Å². The summed E-state index contributed by atoms with van der Waals surface area (Å²) >= 11 is 0. The van der Waals surface area contributed by atoms with E-state index in [1.54, 1.807) is 0 Å². The Morgan fingerprint density at radius 1 is 1.17 bits per heavy atom. The third-order valence-corrected chi connectivity index (χ3v) is 5.76. The number of hydrogen-bond acceptors (Lipinski definition) is 2. The maximum absolute atomic E-state index is 12.4. The quantitative estimate of drug-likeness (QED) is 0.911. The Kier molecular flexibility index (Phi) is 3.28. The molecular formula is C14H21NO2S. The van der Waals surface area contributed by atoms with E-state index < -0.39 is 20.3 Å². The highest BCUT2D eigenvalue weighted by molar-refractivity contribution is 7.91. The number of hydrogen-bond donors (Lipinski definition) is 1. The van der Waals surface area contributed by atoms with Crippen LogP contribution in [0.1, 0.15) is 39.2 Å². The lowest BCUT2D eigenvalue weighted by Crippen LogP contribution is -2.47. The van der Waals surface area contributed by atoms with Crippen molar-refractivity contribution in [3.05, 3.63) is 35.9 Å². The van der Waals surface area contributed by atoms with E-state index in [1.807, 2.05) is 51.1 Å². The number of benzene rings is 1. The van der Waals surface area contributed by atoms with Crippen LogP contribution in [0.2, 0.25) is 0 Å². The Balaban J connectivity index is 2.17. The molecule has 3 nitrogen and oxygen atoms in total. The van der Waals surface area contributed by atoms with Crippen molar-refractivity contribution in [2.75, 3.05) is 0 Å². The smallest absolute Gasteiger partial charge is 0.212 e. The predicted molar refractivity (Wildman–Crippen MR) is 73.9 cm³/mol. The molecule has 0 unspecified atom stereocenters. The molecule has 4 heteroatoms. The second kappa shape index (κ2) is 4.35. The zero-order valence-corrected chi connectivity index (χ0v) is 12.0. The fraction of sp³-hybridized carbons (Fsp3) is 0.571. The van der Waals surface area contributed by atoms with Crippen LogP contribution < -0.4 is 4.72 Å². The molecule has 0 saturated heterocycles. The first kappa shape index (κ1) is 13.6. The zero-order valence-electron chi connectivity index (χ0n) is 11.2. The van der Waals surface area contributed by atoms with Crippen molar-refractivity contribution < 1.29 is 8.42 Å². The molecule has 1 aromatic rings. The molecule has 0 bridgehead atoms. The van der Waals surface area contributed by atoms with Gasteiger partial charge in [0.25, 0.3) is 0 Å². The van der Waals surface area contributed by atoms with Gasteiger partial charge in [-0.05, 0) is 45.6 Å². The maximum atomic E-state index is 12.4. The van der Waals surface area contributed by atoms with Gasteiger partial charge in [0.1, 0.15) is 0 Å². The van der Waals surface area contributed by atoms with Crippen molar-refractivity contribution in [1.82, 2.24) is 4.72 Å². The first-order valence-corrected chi connectivity index (χ1v) is 7.80. The second-order valence-corrected chi connectivity index (χ2v) is 8.28. The van der Waals surface area contributed by atoms with Crippen molar-refractivity contribution >= 4 is 10.0 Å². The molecule has 0 heterocycles. The normalized spacial score (nSPS) is 18.6. The minimum atomic E-state index is -3.25. The van der Waals surface area contributed by atoms with Crippen LogP contribution in [0.4, 0.5) is 0 Å². The summed E-state index contributed by atoms with van der Waals surface area (Å²) in [6.45, 7) is 5.63. The van der Waals surface area contributed by atoms with Crippen LogP contribution in [-0.2, 0) is 16.4 Å². The Morgan fingerprint density at radius 3 is 2.17 bits per heavy atom. The van der Waals surface area contributed by atoms with Crippen molar-refractivity contribution in [2.45, 2.75) is 50.3 Å².